The van der Waals surface area contributed by atoms with Gasteiger partial charge in [0.05, 0.1) is 29.2 Å². The fourth-order valence-electron chi connectivity index (χ4n) is 3.57. The SMILES string of the molecule is Cc1nn(Cc2ccc(F)cc2)c2sc(C(=O)NCc3nnc4ccc(C(F)(F)F)cn34)cc12. The molecule has 0 spiro atoms. The summed E-state index contributed by atoms with van der Waals surface area (Å²) in [6.07, 6.45) is -3.60. The normalized spacial score (nSPS) is 12.0. The molecule has 0 atom stereocenters. The molecule has 1 N–H and O–H groups in total. The van der Waals surface area contributed by atoms with Gasteiger partial charge in [0.1, 0.15) is 10.6 Å². The molecule has 5 rings (SSSR count). The Morgan fingerprint density at radius 1 is 1.12 bits per heavy atom. The minimum Gasteiger partial charge on any atom is -0.344 e. The van der Waals surface area contributed by atoms with Crippen LogP contribution in [0.5, 0.6) is 0 Å². The molecule has 34 heavy (non-hydrogen) atoms. The van der Waals surface area contributed by atoms with E-state index in [-0.39, 0.29) is 23.8 Å². The number of pyridine rings is 1. The first kappa shape index (κ1) is 22.0. The molecule has 0 radical (unpaired) electrons. The lowest BCUT2D eigenvalue weighted by molar-refractivity contribution is -0.137. The van der Waals surface area contributed by atoms with Gasteiger partial charge >= 0.3 is 6.18 Å². The Morgan fingerprint density at radius 3 is 2.62 bits per heavy atom. The first-order valence-electron chi connectivity index (χ1n) is 10.1. The Balaban J connectivity index is 1.35. The number of hydrogen-bond acceptors (Lipinski definition) is 5. The van der Waals surface area contributed by atoms with Crippen molar-refractivity contribution in [2.45, 2.75) is 26.2 Å². The molecule has 7 nitrogen and oxygen atoms in total. The molecule has 4 heterocycles. The van der Waals surface area contributed by atoms with Gasteiger partial charge in [-0.3, -0.25) is 13.9 Å². The third-order valence-electron chi connectivity index (χ3n) is 5.28. The molecule has 4 aromatic heterocycles. The van der Waals surface area contributed by atoms with E-state index < -0.39 is 17.6 Å². The van der Waals surface area contributed by atoms with E-state index in [4.69, 9.17) is 0 Å². The second-order valence-electron chi connectivity index (χ2n) is 7.64. The highest BCUT2D eigenvalue weighted by atomic mass is 32.1. The van der Waals surface area contributed by atoms with E-state index in [9.17, 15) is 22.4 Å². The van der Waals surface area contributed by atoms with Crippen molar-refractivity contribution in [3.8, 4) is 0 Å². The zero-order valence-electron chi connectivity index (χ0n) is 17.6. The smallest absolute Gasteiger partial charge is 0.344 e. The summed E-state index contributed by atoms with van der Waals surface area (Å²) in [4.78, 5) is 14.0. The minimum absolute atomic E-state index is 0.101. The minimum atomic E-state index is -4.50. The van der Waals surface area contributed by atoms with Crippen molar-refractivity contribution in [3.05, 3.63) is 82.0 Å². The number of amides is 1. The van der Waals surface area contributed by atoms with Gasteiger partial charge in [0.25, 0.3) is 5.91 Å². The standard InChI is InChI=1S/C22H16F4N6OS/c1-12-16-8-17(34-21(16)32(30-12)10-13-2-5-15(23)6-3-13)20(33)27-9-19-29-28-18-7-4-14(11-31(18)19)22(24,25)26/h2-8,11H,9-10H2,1H3,(H,27,33). The Bertz CT molecular complexity index is 1520. The monoisotopic (exact) mass is 488 g/mol. The maximum Gasteiger partial charge on any atom is 0.417 e. The number of hydrogen-bond donors (Lipinski definition) is 1. The van der Waals surface area contributed by atoms with Crippen LogP contribution in [-0.2, 0) is 19.3 Å². The Hall–Kier alpha value is -3.80. The maximum absolute atomic E-state index is 13.2. The number of carbonyl (C=O) groups excluding carboxylic acids is 1. The van der Waals surface area contributed by atoms with E-state index in [0.29, 0.717) is 11.4 Å². The number of alkyl halides is 3. The number of aromatic nitrogens is 5. The first-order chi connectivity index (χ1) is 16.2. The fourth-order valence-corrected chi connectivity index (χ4v) is 4.64. The second kappa shape index (κ2) is 8.20. The van der Waals surface area contributed by atoms with E-state index in [1.165, 1.54) is 33.9 Å². The zero-order valence-corrected chi connectivity index (χ0v) is 18.4. The highest BCUT2D eigenvalue weighted by molar-refractivity contribution is 7.20. The van der Waals surface area contributed by atoms with E-state index in [1.807, 2.05) is 6.92 Å². The van der Waals surface area contributed by atoms with Gasteiger partial charge in [0.2, 0.25) is 0 Å². The molecular weight excluding hydrogens is 472 g/mol. The summed E-state index contributed by atoms with van der Waals surface area (Å²) in [7, 11) is 0. The van der Waals surface area contributed by atoms with Crippen molar-refractivity contribution in [2.75, 3.05) is 0 Å². The summed E-state index contributed by atoms with van der Waals surface area (Å²) in [5.74, 6) is -0.539. The topological polar surface area (TPSA) is 77.1 Å². The summed E-state index contributed by atoms with van der Waals surface area (Å²) in [5, 5.41) is 15.8. The predicted octanol–water partition coefficient (Wildman–Crippen LogP) is 4.59. The predicted molar refractivity (Wildman–Crippen MR) is 117 cm³/mol. The third-order valence-corrected chi connectivity index (χ3v) is 6.43. The van der Waals surface area contributed by atoms with Crippen molar-refractivity contribution >= 4 is 33.1 Å². The van der Waals surface area contributed by atoms with Crippen molar-refractivity contribution in [1.82, 2.24) is 29.7 Å². The second-order valence-corrected chi connectivity index (χ2v) is 8.67. The van der Waals surface area contributed by atoms with Gasteiger partial charge in [-0.05, 0) is 42.8 Å². The average Bonchev–Trinajstić information content (AvgIpc) is 3.48. The van der Waals surface area contributed by atoms with E-state index in [1.54, 1.807) is 22.9 Å². The summed E-state index contributed by atoms with van der Waals surface area (Å²) in [5.41, 5.74) is 1.02. The number of nitrogens with zero attached hydrogens (tertiary/aromatic N) is 5. The molecule has 1 aromatic carbocycles. The quantitative estimate of drug-likeness (QED) is 0.368. The number of carbonyl (C=O) groups is 1. The average molecular weight is 488 g/mol. The van der Waals surface area contributed by atoms with Crippen LogP contribution < -0.4 is 5.32 Å². The molecule has 0 fully saturated rings. The van der Waals surface area contributed by atoms with Crippen molar-refractivity contribution < 1.29 is 22.4 Å². The van der Waals surface area contributed by atoms with Crippen LogP contribution in [-0.4, -0.2) is 30.3 Å². The molecule has 174 valence electrons. The van der Waals surface area contributed by atoms with Gasteiger partial charge < -0.3 is 5.32 Å². The van der Waals surface area contributed by atoms with Crippen LogP contribution in [0.2, 0.25) is 0 Å². The summed E-state index contributed by atoms with van der Waals surface area (Å²) >= 11 is 1.24. The van der Waals surface area contributed by atoms with Crippen LogP contribution in [0.3, 0.4) is 0 Å². The van der Waals surface area contributed by atoms with Gasteiger partial charge in [0, 0.05) is 11.6 Å². The van der Waals surface area contributed by atoms with Crippen LogP contribution in [0.25, 0.3) is 15.9 Å². The summed E-state index contributed by atoms with van der Waals surface area (Å²) in [6, 6.07) is 9.98. The van der Waals surface area contributed by atoms with E-state index in [2.05, 4.69) is 20.6 Å². The number of benzene rings is 1. The van der Waals surface area contributed by atoms with Gasteiger partial charge in [-0.2, -0.15) is 18.3 Å². The van der Waals surface area contributed by atoms with Crippen LogP contribution in [0.1, 0.15) is 32.3 Å². The molecule has 5 aromatic rings. The number of thiophene rings is 1. The van der Waals surface area contributed by atoms with Gasteiger partial charge in [-0.25, -0.2) is 4.39 Å². The summed E-state index contributed by atoms with van der Waals surface area (Å²) in [6.45, 7) is 2.15. The lowest BCUT2D eigenvalue weighted by atomic mass is 10.2. The Morgan fingerprint density at radius 2 is 1.88 bits per heavy atom. The maximum atomic E-state index is 13.2. The zero-order chi connectivity index (χ0) is 24.0. The Kier molecular flexibility index (Phi) is 5.31. The van der Waals surface area contributed by atoms with Crippen LogP contribution in [0.15, 0.2) is 48.7 Å². The van der Waals surface area contributed by atoms with Gasteiger partial charge in [-0.15, -0.1) is 21.5 Å². The van der Waals surface area contributed by atoms with Gasteiger partial charge in [-0.1, -0.05) is 12.1 Å². The Labute approximate surface area is 193 Å². The molecule has 0 saturated carbocycles. The lowest BCUT2D eigenvalue weighted by Crippen LogP contribution is -2.23. The molecule has 0 aliphatic rings. The molecule has 0 aliphatic carbocycles. The van der Waals surface area contributed by atoms with Crippen LogP contribution >= 0.6 is 11.3 Å². The number of fused-ring (bicyclic) bond motifs is 2. The molecule has 0 bridgehead atoms. The van der Waals surface area contributed by atoms with E-state index in [0.717, 1.165) is 33.7 Å². The van der Waals surface area contributed by atoms with E-state index >= 15 is 0 Å². The van der Waals surface area contributed by atoms with Gasteiger partial charge in [0.15, 0.2) is 11.5 Å². The molecule has 0 unspecified atom stereocenters. The number of nitrogens with one attached hydrogen (secondary N) is 1. The highest BCUT2D eigenvalue weighted by Gasteiger charge is 2.31. The first-order valence-corrected chi connectivity index (χ1v) is 10.9. The van der Waals surface area contributed by atoms with Crippen molar-refractivity contribution in [2.24, 2.45) is 0 Å². The largest absolute Gasteiger partial charge is 0.417 e. The number of rotatable bonds is 5. The molecular formula is C22H16F4N6OS. The number of aryl methyl sites for hydroxylation is 1. The third kappa shape index (κ3) is 4.12. The molecule has 1 amide bonds. The van der Waals surface area contributed by atoms with Crippen LogP contribution in [0.4, 0.5) is 17.6 Å². The fraction of sp³-hybridized carbons (Fsp3) is 0.182. The van der Waals surface area contributed by atoms with Crippen molar-refractivity contribution in [1.29, 1.82) is 0 Å². The van der Waals surface area contributed by atoms with Crippen molar-refractivity contribution in [3.63, 3.8) is 0 Å². The number of halogens is 4. The molecule has 0 saturated heterocycles. The molecule has 12 heteroatoms. The highest BCUT2D eigenvalue weighted by Crippen LogP contribution is 2.30. The lowest BCUT2D eigenvalue weighted by Gasteiger charge is -2.08. The van der Waals surface area contributed by atoms with Crippen LogP contribution in [0, 0.1) is 12.7 Å². The summed E-state index contributed by atoms with van der Waals surface area (Å²) < 4.78 is 55.2. The molecule has 0 aliphatic heterocycles.